The molecule has 0 saturated heterocycles. The lowest BCUT2D eigenvalue weighted by Gasteiger charge is -2.07. The second kappa shape index (κ2) is 7.68. The molecule has 4 aromatic rings. The fourth-order valence-corrected chi connectivity index (χ4v) is 3.16. The van der Waals surface area contributed by atoms with Crippen LogP contribution in [0.25, 0.3) is 16.8 Å². The van der Waals surface area contributed by atoms with Gasteiger partial charge in [0, 0.05) is 49.0 Å². The van der Waals surface area contributed by atoms with Crippen LogP contribution < -0.4 is 5.32 Å². The standard InChI is InChI=1S/C22H23N5O/c1-16(2)13-27-15-20(12-25-27)18-4-6-19(7-5-18)22(28)24-11-17-3-8-21-23-9-10-26(21)14-17/h3-10,12,14-16H,11,13H2,1-2H3,(H,24,28). The van der Waals surface area contributed by atoms with Crippen molar-refractivity contribution in [1.29, 1.82) is 0 Å². The molecule has 0 unspecified atom stereocenters. The van der Waals surface area contributed by atoms with Gasteiger partial charge in [0.15, 0.2) is 0 Å². The summed E-state index contributed by atoms with van der Waals surface area (Å²) in [5.74, 6) is 0.459. The summed E-state index contributed by atoms with van der Waals surface area (Å²) in [5, 5.41) is 7.37. The third-order valence-corrected chi connectivity index (χ3v) is 4.57. The third-order valence-electron chi connectivity index (χ3n) is 4.57. The number of carbonyl (C=O) groups is 1. The van der Waals surface area contributed by atoms with Crippen molar-refractivity contribution in [2.75, 3.05) is 0 Å². The lowest BCUT2D eigenvalue weighted by Crippen LogP contribution is -2.22. The van der Waals surface area contributed by atoms with Gasteiger partial charge in [0.1, 0.15) is 5.65 Å². The molecule has 0 spiro atoms. The van der Waals surface area contributed by atoms with Crippen molar-refractivity contribution >= 4 is 11.6 Å². The van der Waals surface area contributed by atoms with E-state index in [1.54, 1.807) is 6.20 Å². The molecule has 1 aromatic carbocycles. The monoisotopic (exact) mass is 373 g/mol. The maximum Gasteiger partial charge on any atom is 0.251 e. The molecule has 0 saturated carbocycles. The van der Waals surface area contributed by atoms with Crippen LogP contribution in [0.2, 0.25) is 0 Å². The van der Waals surface area contributed by atoms with Gasteiger partial charge in [-0.2, -0.15) is 5.10 Å². The summed E-state index contributed by atoms with van der Waals surface area (Å²) in [5.41, 5.74) is 4.66. The summed E-state index contributed by atoms with van der Waals surface area (Å²) in [6.45, 7) is 5.70. The first-order valence-corrected chi connectivity index (χ1v) is 9.41. The zero-order valence-corrected chi connectivity index (χ0v) is 16.0. The maximum atomic E-state index is 12.5. The molecule has 0 aliphatic heterocycles. The van der Waals surface area contributed by atoms with Crippen LogP contribution in [0.4, 0.5) is 0 Å². The number of rotatable bonds is 6. The van der Waals surface area contributed by atoms with E-state index >= 15 is 0 Å². The van der Waals surface area contributed by atoms with Gasteiger partial charge in [0.25, 0.3) is 5.91 Å². The fourth-order valence-electron chi connectivity index (χ4n) is 3.16. The van der Waals surface area contributed by atoms with Crippen LogP contribution in [0.15, 0.2) is 67.4 Å². The number of benzene rings is 1. The van der Waals surface area contributed by atoms with E-state index in [1.807, 2.05) is 70.3 Å². The average Bonchev–Trinajstić information content (AvgIpc) is 3.34. The molecular weight excluding hydrogens is 350 g/mol. The van der Waals surface area contributed by atoms with Crippen molar-refractivity contribution in [2.45, 2.75) is 26.9 Å². The Balaban J connectivity index is 1.40. The fraction of sp³-hybridized carbons (Fsp3) is 0.227. The lowest BCUT2D eigenvalue weighted by atomic mass is 10.1. The minimum Gasteiger partial charge on any atom is -0.348 e. The second-order valence-corrected chi connectivity index (χ2v) is 7.33. The van der Waals surface area contributed by atoms with Crippen LogP contribution in [0, 0.1) is 5.92 Å². The van der Waals surface area contributed by atoms with Gasteiger partial charge >= 0.3 is 0 Å². The van der Waals surface area contributed by atoms with Crippen LogP contribution in [0.5, 0.6) is 0 Å². The number of carbonyl (C=O) groups excluding carboxylic acids is 1. The van der Waals surface area contributed by atoms with Crippen molar-refractivity contribution in [3.8, 4) is 11.1 Å². The SMILES string of the molecule is CC(C)Cn1cc(-c2ccc(C(=O)NCc3ccc4nccn4c3)cc2)cn1. The molecule has 3 heterocycles. The van der Waals surface area contributed by atoms with E-state index in [1.165, 1.54) is 0 Å². The molecule has 28 heavy (non-hydrogen) atoms. The Morgan fingerprint density at radius 2 is 1.89 bits per heavy atom. The van der Waals surface area contributed by atoms with E-state index in [4.69, 9.17) is 0 Å². The van der Waals surface area contributed by atoms with Crippen molar-refractivity contribution in [1.82, 2.24) is 24.5 Å². The van der Waals surface area contributed by atoms with Crippen LogP contribution in [0.1, 0.15) is 29.8 Å². The minimum atomic E-state index is -0.0900. The van der Waals surface area contributed by atoms with Gasteiger partial charge in [-0.3, -0.25) is 9.48 Å². The molecule has 1 N–H and O–H groups in total. The highest BCUT2D eigenvalue weighted by atomic mass is 16.1. The summed E-state index contributed by atoms with van der Waals surface area (Å²) in [6, 6.07) is 11.5. The van der Waals surface area contributed by atoms with Crippen LogP contribution in [0.3, 0.4) is 0 Å². The Hall–Kier alpha value is -3.41. The molecular formula is C22H23N5O. The highest BCUT2D eigenvalue weighted by molar-refractivity contribution is 5.94. The second-order valence-electron chi connectivity index (χ2n) is 7.33. The molecule has 1 amide bonds. The van der Waals surface area contributed by atoms with Crippen LogP contribution in [-0.4, -0.2) is 25.1 Å². The zero-order valence-electron chi connectivity index (χ0n) is 16.0. The van der Waals surface area contributed by atoms with Crippen molar-refractivity contribution < 1.29 is 4.79 Å². The number of fused-ring (bicyclic) bond motifs is 1. The van der Waals surface area contributed by atoms with Crippen molar-refractivity contribution in [3.05, 3.63) is 78.5 Å². The van der Waals surface area contributed by atoms with Gasteiger partial charge in [0.05, 0.1) is 6.20 Å². The van der Waals surface area contributed by atoms with Crippen molar-refractivity contribution in [3.63, 3.8) is 0 Å². The summed E-state index contributed by atoms with van der Waals surface area (Å²) >= 11 is 0. The van der Waals surface area contributed by atoms with E-state index in [0.717, 1.165) is 28.9 Å². The Kier molecular flexibility index (Phi) is 4.93. The number of hydrogen-bond acceptors (Lipinski definition) is 3. The predicted molar refractivity (Wildman–Crippen MR) is 109 cm³/mol. The van der Waals surface area contributed by atoms with E-state index in [9.17, 15) is 4.79 Å². The quantitative estimate of drug-likeness (QED) is 0.559. The molecule has 4 rings (SSSR count). The normalized spacial score (nSPS) is 11.2. The Labute approximate surface area is 163 Å². The predicted octanol–water partition coefficient (Wildman–Crippen LogP) is 3.78. The Morgan fingerprint density at radius 3 is 2.68 bits per heavy atom. The Bertz CT molecular complexity index is 1090. The zero-order chi connectivity index (χ0) is 19.5. The highest BCUT2D eigenvalue weighted by Crippen LogP contribution is 2.19. The Morgan fingerprint density at radius 1 is 1.07 bits per heavy atom. The average molecular weight is 373 g/mol. The molecule has 0 aliphatic rings. The topological polar surface area (TPSA) is 64.2 Å². The molecule has 0 fully saturated rings. The van der Waals surface area contributed by atoms with Gasteiger partial charge in [-0.15, -0.1) is 0 Å². The molecule has 0 bridgehead atoms. The first-order chi connectivity index (χ1) is 13.6. The largest absolute Gasteiger partial charge is 0.348 e. The molecule has 6 nitrogen and oxygen atoms in total. The number of amides is 1. The van der Waals surface area contributed by atoms with Gasteiger partial charge in [-0.05, 0) is 35.2 Å². The number of imidazole rings is 1. The lowest BCUT2D eigenvalue weighted by molar-refractivity contribution is 0.0951. The van der Waals surface area contributed by atoms with E-state index in [0.29, 0.717) is 18.0 Å². The van der Waals surface area contributed by atoms with Crippen LogP contribution >= 0.6 is 0 Å². The maximum absolute atomic E-state index is 12.5. The minimum absolute atomic E-state index is 0.0900. The van der Waals surface area contributed by atoms with Crippen molar-refractivity contribution in [2.24, 2.45) is 5.92 Å². The van der Waals surface area contributed by atoms with Gasteiger partial charge in [-0.25, -0.2) is 4.98 Å². The van der Waals surface area contributed by atoms with E-state index in [2.05, 4.69) is 29.2 Å². The summed E-state index contributed by atoms with van der Waals surface area (Å²) in [7, 11) is 0. The summed E-state index contributed by atoms with van der Waals surface area (Å²) < 4.78 is 3.90. The number of hydrogen-bond donors (Lipinski definition) is 1. The summed E-state index contributed by atoms with van der Waals surface area (Å²) in [4.78, 5) is 16.7. The number of aromatic nitrogens is 4. The molecule has 0 aliphatic carbocycles. The smallest absolute Gasteiger partial charge is 0.251 e. The number of nitrogens with one attached hydrogen (secondary N) is 1. The first kappa shape index (κ1) is 18.0. The molecule has 3 aromatic heterocycles. The van der Waals surface area contributed by atoms with Gasteiger partial charge < -0.3 is 9.72 Å². The first-order valence-electron chi connectivity index (χ1n) is 9.41. The van der Waals surface area contributed by atoms with E-state index in [-0.39, 0.29) is 5.91 Å². The van der Waals surface area contributed by atoms with Gasteiger partial charge in [-0.1, -0.05) is 32.0 Å². The molecule has 142 valence electrons. The van der Waals surface area contributed by atoms with E-state index < -0.39 is 0 Å². The number of pyridine rings is 1. The summed E-state index contributed by atoms with van der Waals surface area (Å²) in [6.07, 6.45) is 9.53. The molecule has 6 heteroatoms. The van der Waals surface area contributed by atoms with Gasteiger partial charge in [0.2, 0.25) is 0 Å². The molecule has 0 radical (unpaired) electrons. The number of nitrogens with zero attached hydrogens (tertiary/aromatic N) is 4. The highest BCUT2D eigenvalue weighted by Gasteiger charge is 2.08. The molecule has 0 atom stereocenters. The van der Waals surface area contributed by atoms with Crippen LogP contribution in [-0.2, 0) is 13.1 Å². The third kappa shape index (κ3) is 3.96.